The second kappa shape index (κ2) is 4.47. The zero-order chi connectivity index (χ0) is 12.4. The van der Waals surface area contributed by atoms with Gasteiger partial charge in [-0.2, -0.15) is 5.26 Å². The van der Waals surface area contributed by atoms with Crippen LogP contribution in [0.25, 0.3) is 0 Å². The van der Waals surface area contributed by atoms with Crippen LogP contribution in [0.2, 0.25) is 0 Å². The zero-order valence-electron chi connectivity index (χ0n) is 8.66. The van der Waals surface area contributed by atoms with E-state index >= 15 is 0 Å². The van der Waals surface area contributed by atoms with Gasteiger partial charge >= 0.3 is 0 Å². The summed E-state index contributed by atoms with van der Waals surface area (Å²) in [6.07, 6.45) is 0.298. The Morgan fingerprint density at radius 2 is 2.35 bits per heavy atom. The molecule has 2 rings (SSSR count). The molecule has 3 N–H and O–H groups in total. The molecule has 0 atom stereocenters. The third kappa shape index (κ3) is 2.24. The molecule has 1 amide bonds. The van der Waals surface area contributed by atoms with Crippen LogP contribution in [0.4, 0.5) is 4.39 Å². The van der Waals surface area contributed by atoms with Crippen molar-refractivity contribution in [3.05, 3.63) is 40.8 Å². The van der Waals surface area contributed by atoms with E-state index in [4.69, 9.17) is 11.0 Å². The van der Waals surface area contributed by atoms with E-state index in [1.54, 1.807) is 12.1 Å². The molecule has 0 radical (unpaired) electrons. The van der Waals surface area contributed by atoms with Gasteiger partial charge in [0.25, 0.3) is 5.91 Å². The summed E-state index contributed by atoms with van der Waals surface area (Å²) in [5, 5.41) is 8.82. The van der Waals surface area contributed by atoms with Gasteiger partial charge in [0.05, 0.1) is 0 Å². The van der Waals surface area contributed by atoms with Crippen molar-refractivity contribution in [1.29, 1.82) is 5.26 Å². The first kappa shape index (κ1) is 11.5. The van der Waals surface area contributed by atoms with E-state index in [1.165, 1.54) is 24.1 Å². The summed E-state index contributed by atoms with van der Waals surface area (Å²) in [7, 11) is 0. The lowest BCUT2D eigenvalue weighted by atomic mass is 10.1. The first-order chi connectivity index (χ1) is 8.11. The van der Waals surface area contributed by atoms with Crippen LogP contribution in [0.3, 0.4) is 0 Å². The molecule has 4 nitrogen and oxygen atoms in total. The lowest BCUT2D eigenvalue weighted by Crippen LogP contribution is -2.22. The molecule has 0 bridgehead atoms. The van der Waals surface area contributed by atoms with Gasteiger partial charge in [-0.3, -0.25) is 4.79 Å². The zero-order valence-corrected chi connectivity index (χ0v) is 9.47. The number of nitrogens with one attached hydrogen (secondary N) is 1. The molecule has 1 heterocycles. The number of hydrogen-bond acceptors (Lipinski definition) is 4. The molecular weight excluding hydrogens is 241 g/mol. The number of primary amides is 1. The Hall–Kier alpha value is -2.00. The van der Waals surface area contributed by atoms with Crippen LogP contribution < -0.4 is 10.5 Å². The maximum absolute atomic E-state index is 13.1. The van der Waals surface area contributed by atoms with Gasteiger partial charge in [-0.25, -0.2) is 4.39 Å². The number of carbonyl (C=O) groups excluding carboxylic acids is 1. The van der Waals surface area contributed by atoms with Crippen LogP contribution in [0.15, 0.2) is 34.4 Å². The first-order valence-electron chi connectivity index (χ1n) is 4.76. The molecule has 0 spiro atoms. The lowest BCUT2D eigenvalue weighted by Gasteiger charge is -2.20. The Labute approximate surface area is 101 Å². The molecular formula is C11H8FN3OS. The molecule has 1 aliphatic rings. The number of halogens is 1. The Kier molecular flexibility index (Phi) is 3.02. The third-order valence-electron chi connectivity index (χ3n) is 2.33. The van der Waals surface area contributed by atoms with E-state index in [-0.39, 0.29) is 11.4 Å². The molecule has 0 aliphatic carbocycles. The van der Waals surface area contributed by atoms with E-state index < -0.39 is 5.91 Å². The molecule has 1 aromatic carbocycles. The normalized spacial score (nSPS) is 16.5. The smallest absolute Gasteiger partial charge is 0.261 e. The molecule has 0 saturated carbocycles. The number of nitrogens with zero attached hydrogens (tertiary/aromatic N) is 1. The van der Waals surface area contributed by atoms with Crippen LogP contribution in [-0.2, 0) is 11.2 Å². The molecule has 0 unspecified atom stereocenters. The summed E-state index contributed by atoms with van der Waals surface area (Å²) < 4.78 is 15.9. The minimum atomic E-state index is -0.782. The van der Waals surface area contributed by atoms with Gasteiger partial charge in [-0.1, -0.05) is 0 Å². The van der Waals surface area contributed by atoms with E-state index in [1.807, 2.05) is 0 Å². The van der Waals surface area contributed by atoms with E-state index in [0.717, 1.165) is 10.5 Å². The predicted molar refractivity (Wildman–Crippen MR) is 60.9 cm³/mol. The summed E-state index contributed by atoms with van der Waals surface area (Å²) in [5.41, 5.74) is 6.12. The second-order valence-electron chi connectivity index (χ2n) is 3.46. The van der Waals surface area contributed by atoms with Crippen molar-refractivity contribution < 1.29 is 9.18 Å². The summed E-state index contributed by atoms with van der Waals surface area (Å²) in [5.74, 6) is -1.13. The highest BCUT2D eigenvalue weighted by molar-refractivity contribution is 7.97. The van der Waals surface area contributed by atoms with Gasteiger partial charge in [0.1, 0.15) is 17.5 Å². The number of nitrogens with two attached hydrogens (primary N) is 1. The fourth-order valence-corrected chi connectivity index (χ4v) is 2.35. The summed E-state index contributed by atoms with van der Waals surface area (Å²) >= 11 is 1.23. The van der Waals surface area contributed by atoms with Gasteiger partial charge in [0.15, 0.2) is 0 Å². The molecule has 86 valence electrons. The average Bonchev–Trinajstić information content (AvgIpc) is 2.29. The van der Waals surface area contributed by atoms with E-state index in [9.17, 15) is 9.18 Å². The highest BCUT2D eigenvalue weighted by Gasteiger charge is 2.19. The Morgan fingerprint density at radius 1 is 1.59 bits per heavy atom. The van der Waals surface area contributed by atoms with Gasteiger partial charge in [0, 0.05) is 17.0 Å². The summed E-state index contributed by atoms with van der Waals surface area (Å²) in [6, 6.07) is 6.15. The average molecular weight is 249 g/mol. The summed E-state index contributed by atoms with van der Waals surface area (Å²) in [6.45, 7) is 0. The second-order valence-corrected chi connectivity index (χ2v) is 4.31. The standard InChI is InChI=1S/C11H8FN3OS/c12-7-1-2-10-6(3-7)4-9(15-17-10)8(5-13)11(14)16/h1-3,15H,4H2,(H2,14,16)/b9-8+. The highest BCUT2D eigenvalue weighted by atomic mass is 32.2. The van der Waals surface area contributed by atoms with Crippen molar-refractivity contribution in [2.45, 2.75) is 11.3 Å². The number of carbonyl (C=O) groups is 1. The molecule has 0 fully saturated rings. The SMILES string of the molecule is N#C/C(C(N)=O)=C1/Cc2cc(F)ccc2SN1. The van der Waals surface area contributed by atoms with Crippen LogP contribution >= 0.6 is 11.9 Å². The van der Waals surface area contributed by atoms with Gasteiger partial charge in [0.2, 0.25) is 0 Å². The number of benzene rings is 1. The van der Waals surface area contributed by atoms with E-state index in [2.05, 4.69) is 4.72 Å². The number of hydrogen-bond donors (Lipinski definition) is 2. The fraction of sp³-hybridized carbons (Fsp3) is 0.0909. The number of allylic oxidation sites excluding steroid dienone is 1. The van der Waals surface area contributed by atoms with Gasteiger partial charge in [-0.15, -0.1) is 0 Å². The number of nitriles is 1. The predicted octanol–water partition coefficient (Wildman–Crippen LogP) is 1.24. The van der Waals surface area contributed by atoms with Crippen molar-refractivity contribution in [3.8, 4) is 6.07 Å². The topological polar surface area (TPSA) is 78.9 Å². The van der Waals surface area contributed by atoms with Gasteiger partial charge < -0.3 is 10.5 Å². The lowest BCUT2D eigenvalue weighted by molar-refractivity contribution is -0.114. The van der Waals surface area contributed by atoms with Crippen molar-refractivity contribution in [2.75, 3.05) is 0 Å². The minimum absolute atomic E-state index is 0.118. The molecule has 1 aliphatic heterocycles. The molecule has 0 aromatic heterocycles. The van der Waals surface area contributed by atoms with Crippen molar-refractivity contribution in [3.63, 3.8) is 0 Å². The Morgan fingerprint density at radius 3 is 3.00 bits per heavy atom. The molecule has 6 heteroatoms. The number of fused-ring (bicyclic) bond motifs is 1. The monoisotopic (exact) mass is 249 g/mol. The minimum Gasteiger partial charge on any atom is -0.365 e. The molecule has 17 heavy (non-hydrogen) atoms. The van der Waals surface area contributed by atoms with Crippen LogP contribution in [0.5, 0.6) is 0 Å². The highest BCUT2D eigenvalue weighted by Crippen LogP contribution is 2.30. The molecule has 0 saturated heterocycles. The fourth-order valence-electron chi connectivity index (χ4n) is 1.54. The quantitative estimate of drug-likeness (QED) is 0.446. The molecule has 1 aromatic rings. The van der Waals surface area contributed by atoms with E-state index in [0.29, 0.717) is 12.1 Å². The summed E-state index contributed by atoms with van der Waals surface area (Å²) in [4.78, 5) is 11.9. The maximum atomic E-state index is 13.1. The maximum Gasteiger partial charge on any atom is 0.261 e. The third-order valence-corrected chi connectivity index (χ3v) is 3.30. The Balaban J connectivity index is 2.42. The van der Waals surface area contributed by atoms with Crippen LogP contribution in [0, 0.1) is 17.1 Å². The Bertz CT molecular complexity index is 562. The van der Waals surface area contributed by atoms with Crippen molar-refractivity contribution in [1.82, 2.24) is 4.72 Å². The van der Waals surface area contributed by atoms with Crippen LogP contribution in [0.1, 0.15) is 5.56 Å². The van der Waals surface area contributed by atoms with Crippen LogP contribution in [-0.4, -0.2) is 5.91 Å². The van der Waals surface area contributed by atoms with Crippen molar-refractivity contribution in [2.24, 2.45) is 5.73 Å². The van der Waals surface area contributed by atoms with Crippen molar-refractivity contribution >= 4 is 17.9 Å². The first-order valence-corrected chi connectivity index (χ1v) is 5.58. The number of rotatable bonds is 1. The van der Waals surface area contributed by atoms with Gasteiger partial charge in [-0.05, 0) is 35.7 Å². The number of amides is 1. The largest absolute Gasteiger partial charge is 0.365 e.